The van der Waals surface area contributed by atoms with Crippen LogP contribution in [0.1, 0.15) is 19.3 Å². The van der Waals surface area contributed by atoms with E-state index in [4.69, 9.17) is 0 Å². The summed E-state index contributed by atoms with van der Waals surface area (Å²) in [7, 11) is -3.85. The Morgan fingerprint density at radius 3 is 2.58 bits per heavy atom. The number of amides is 2. The van der Waals surface area contributed by atoms with Gasteiger partial charge in [-0.2, -0.15) is 0 Å². The van der Waals surface area contributed by atoms with Crippen LogP contribution in [0.4, 0.5) is 0 Å². The Hall–Kier alpha value is -2.29. The molecule has 26 heavy (non-hydrogen) atoms. The maximum Gasteiger partial charge on any atom is 0.243 e. The van der Waals surface area contributed by atoms with Crippen molar-refractivity contribution >= 4 is 32.6 Å². The Balaban J connectivity index is 1.59. The van der Waals surface area contributed by atoms with Crippen molar-refractivity contribution in [2.24, 2.45) is 0 Å². The molecule has 2 aromatic carbocycles. The summed E-state index contributed by atoms with van der Waals surface area (Å²) >= 11 is 0. The van der Waals surface area contributed by atoms with Crippen LogP contribution in [0, 0.1) is 0 Å². The van der Waals surface area contributed by atoms with Gasteiger partial charge in [0.1, 0.15) is 0 Å². The van der Waals surface area contributed by atoms with Gasteiger partial charge in [0, 0.05) is 0 Å². The Labute approximate surface area is 152 Å². The molecule has 0 saturated carbocycles. The van der Waals surface area contributed by atoms with E-state index in [1.165, 1.54) is 6.07 Å². The van der Waals surface area contributed by atoms with Crippen molar-refractivity contribution in [1.82, 2.24) is 15.4 Å². The number of carbonyl (C=O) groups is 2. The topological polar surface area (TPSA) is 104 Å². The van der Waals surface area contributed by atoms with E-state index in [-0.39, 0.29) is 4.90 Å². The van der Waals surface area contributed by atoms with Gasteiger partial charge in [-0.25, -0.2) is 13.1 Å². The first-order valence-corrected chi connectivity index (χ1v) is 9.99. The molecule has 1 heterocycles. The Bertz CT molecular complexity index is 921. The predicted octanol–water partition coefficient (Wildman–Crippen LogP) is 0.903. The second-order valence-electron chi connectivity index (χ2n) is 6.25. The van der Waals surface area contributed by atoms with Crippen molar-refractivity contribution in [3.05, 3.63) is 42.5 Å². The lowest BCUT2D eigenvalue weighted by Gasteiger charge is -2.22. The molecule has 0 aliphatic carbocycles. The molecule has 3 N–H and O–H groups in total. The number of imide groups is 1. The number of hydrogen-bond donors (Lipinski definition) is 3. The Morgan fingerprint density at radius 2 is 1.85 bits per heavy atom. The molecule has 1 saturated heterocycles. The van der Waals surface area contributed by atoms with Gasteiger partial charge < -0.3 is 5.32 Å². The zero-order valence-corrected chi connectivity index (χ0v) is 15.0. The highest BCUT2D eigenvalue weighted by molar-refractivity contribution is 7.89. The fraction of sp³-hybridized carbons (Fsp3) is 0.333. The summed E-state index contributed by atoms with van der Waals surface area (Å²) in [6.07, 6.45) is 2.60. The lowest BCUT2D eigenvalue weighted by Crippen LogP contribution is -2.50. The molecule has 1 unspecified atom stereocenters. The van der Waals surface area contributed by atoms with Gasteiger partial charge in [-0.05, 0) is 42.3 Å². The molecule has 0 bridgehead atoms. The third-order valence-electron chi connectivity index (χ3n) is 4.34. The average Bonchev–Trinajstić information content (AvgIpc) is 2.67. The van der Waals surface area contributed by atoms with Crippen LogP contribution in [-0.2, 0) is 19.6 Å². The zero-order chi connectivity index (χ0) is 18.6. The normalized spacial score (nSPS) is 17.8. The van der Waals surface area contributed by atoms with Gasteiger partial charge in [0.2, 0.25) is 21.8 Å². The summed E-state index contributed by atoms with van der Waals surface area (Å²) in [4.78, 5) is 24.0. The van der Waals surface area contributed by atoms with Crippen molar-refractivity contribution in [3.8, 4) is 0 Å². The molecular formula is C18H21N3O4S. The van der Waals surface area contributed by atoms with E-state index >= 15 is 0 Å². The van der Waals surface area contributed by atoms with Crippen LogP contribution in [0.2, 0.25) is 0 Å². The average molecular weight is 375 g/mol. The third kappa shape index (κ3) is 4.46. The molecule has 0 aromatic heterocycles. The number of rotatable bonds is 5. The monoisotopic (exact) mass is 375 g/mol. The van der Waals surface area contributed by atoms with Crippen molar-refractivity contribution in [3.63, 3.8) is 0 Å². The smallest absolute Gasteiger partial charge is 0.243 e. The summed E-state index contributed by atoms with van der Waals surface area (Å²) in [5.41, 5.74) is 0. The molecule has 0 radical (unpaired) electrons. The molecule has 1 atom stereocenters. The molecule has 1 aliphatic heterocycles. The number of benzene rings is 2. The fourth-order valence-electron chi connectivity index (χ4n) is 2.92. The Kier molecular flexibility index (Phi) is 5.65. The zero-order valence-electron chi connectivity index (χ0n) is 14.2. The molecule has 138 valence electrons. The molecule has 7 nitrogen and oxygen atoms in total. The minimum Gasteiger partial charge on any atom is -0.306 e. The van der Waals surface area contributed by atoms with E-state index in [2.05, 4.69) is 15.4 Å². The maximum atomic E-state index is 12.4. The maximum absolute atomic E-state index is 12.4. The van der Waals surface area contributed by atoms with Gasteiger partial charge in [-0.15, -0.1) is 0 Å². The number of fused-ring (bicyclic) bond motifs is 1. The molecule has 8 heteroatoms. The van der Waals surface area contributed by atoms with Crippen LogP contribution in [0.25, 0.3) is 10.8 Å². The molecule has 1 aliphatic rings. The van der Waals surface area contributed by atoms with Crippen LogP contribution in [0.3, 0.4) is 0 Å². The number of sulfonamides is 1. The summed E-state index contributed by atoms with van der Waals surface area (Å²) < 4.78 is 27.0. The van der Waals surface area contributed by atoms with Crippen molar-refractivity contribution in [1.29, 1.82) is 0 Å². The van der Waals surface area contributed by atoms with Crippen molar-refractivity contribution in [2.45, 2.75) is 30.2 Å². The van der Waals surface area contributed by atoms with Gasteiger partial charge in [-0.1, -0.05) is 36.8 Å². The summed E-state index contributed by atoms with van der Waals surface area (Å²) in [5, 5.41) is 6.99. The molecule has 2 aromatic rings. The Morgan fingerprint density at radius 1 is 1.08 bits per heavy atom. The molecule has 3 rings (SSSR count). The summed E-state index contributed by atoms with van der Waals surface area (Å²) in [5.74, 6) is -1.09. The van der Waals surface area contributed by atoms with E-state index in [9.17, 15) is 18.0 Å². The first-order chi connectivity index (χ1) is 12.5. The van der Waals surface area contributed by atoms with Gasteiger partial charge in [0.15, 0.2) is 0 Å². The SMILES string of the molecule is O=C(CNS(=O)(=O)c1ccc2ccccc2c1)NC(=O)C1CCCCN1. The van der Waals surface area contributed by atoms with E-state index in [1.54, 1.807) is 12.1 Å². The molecule has 1 fully saturated rings. The van der Waals surface area contributed by atoms with Gasteiger partial charge in [0.05, 0.1) is 17.5 Å². The number of hydrogen-bond acceptors (Lipinski definition) is 5. The highest BCUT2D eigenvalue weighted by atomic mass is 32.2. The van der Waals surface area contributed by atoms with Crippen molar-refractivity contribution in [2.75, 3.05) is 13.1 Å². The van der Waals surface area contributed by atoms with Crippen LogP contribution in [-0.4, -0.2) is 39.4 Å². The third-order valence-corrected chi connectivity index (χ3v) is 5.74. The van der Waals surface area contributed by atoms with Gasteiger partial charge >= 0.3 is 0 Å². The van der Waals surface area contributed by atoms with E-state index in [0.29, 0.717) is 6.42 Å². The van der Waals surface area contributed by atoms with Crippen LogP contribution in [0.5, 0.6) is 0 Å². The van der Waals surface area contributed by atoms with E-state index in [1.807, 2.05) is 24.3 Å². The van der Waals surface area contributed by atoms with Crippen LogP contribution in [0.15, 0.2) is 47.4 Å². The van der Waals surface area contributed by atoms with Crippen molar-refractivity contribution < 1.29 is 18.0 Å². The quantitative estimate of drug-likeness (QED) is 0.720. The second kappa shape index (κ2) is 7.94. The molecule has 2 amide bonds. The lowest BCUT2D eigenvalue weighted by atomic mass is 10.0. The largest absolute Gasteiger partial charge is 0.306 e. The summed E-state index contributed by atoms with van der Waals surface area (Å²) in [6.45, 7) is 0.245. The second-order valence-corrected chi connectivity index (χ2v) is 8.02. The fourth-order valence-corrected chi connectivity index (χ4v) is 3.94. The van der Waals surface area contributed by atoms with Crippen LogP contribution >= 0.6 is 0 Å². The first kappa shape index (κ1) is 18.5. The van der Waals surface area contributed by atoms with E-state index < -0.39 is 34.4 Å². The summed E-state index contributed by atoms with van der Waals surface area (Å²) in [6, 6.07) is 11.7. The minimum atomic E-state index is -3.85. The first-order valence-electron chi connectivity index (χ1n) is 8.51. The highest BCUT2D eigenvalue weighted by Gasteiger charge is 2.23. The van der Waals surface area contributed by atoms with Gasteiger partial charge in [-0.3, -0.25) is 14.9 Å². The molecule has 0 spiro atoms. The highest BCUT2D eigenvalue weighted by Crippen LogP contribution is 2.18. The van der Waals surface area contributed by atoms with Gasteiger partial charge in [0.25, 0.3) is 0 Å². The molecular weight excluding hydrogens is 354 g/mol. The number of piperidine rings is 1. The standard InChI is InChI=1S/C18H21N3O4S/c22-17(21-18(23)16-7-3-4-10-19-16)12-20-26(24,25)15-9-8-13-5-1-2-6-14(13)11-15/h1-2,5-6,8-9,11,16,19-20H,3-4,7,10,12H2,(H,21,22,23). The minimum absolute atomic E-state index is 0.0734. The number of carbonyl (C=O) groups excluding carboxylic acids is 2. The lowest BCUT2D eigenvalue weighted by molar-refractivity contribution is -0.131. The van der Waals surface area contributed by atoms with E-state index in [0.717, 1.165) is 30.2 Å². The predicted molar refractivity (Wildman–Crippen MR) is 97.9 cm³/mol. The van der Waals surface area contributed by atoms with Crippen LogP contribution < -0.4 is 15.4 Å². The number of nitrogens with one attached hydrogen (secondary N) is 3.